The number of benzene rings is 1. The van der Waals surface area contributed by atoms with Crippen molar-refractivity contribution in [3.05, 3.63) is 29.8 Å². The van der Waals surface area contributed by atoms with Crippen molar-refractivity contribution in [2.45, 2.75) is 44.2 Å². The van der Waals surface area contributed by atoms with Crippen LogP contribution in [0.25, 0.3) is 0 Å². The minimum atomic E-state index is -1.13. The van der Waals surface area contributed by atoms with E-state index in [1.165, 1.54) is 0 Å². The van der Waals surface area contributed by atoms with Gasteiger partial charge in [-0.2, -0.15) is 0 Å². The van der Waals surface area contributed by atoms with Crippen LogP contribution in [0.15, 0.2) is 24.3 Å². The Morgan fingerprint density at radius 1 is 0.963 bits per heavy atom. The first-order valence-corrected chi connectivity index (χ1v) is 8.80. The van der Waals surface area contributed by atoms with Crippen LogP contribution < -0.4 is 16.4 Å². The predicted octanol–water partition coefficient (Wildman–Crippen LogP) is 0.741. The first-order chi connectivity index (χ1) is 12.8. The summed E-state index contributed by atoms with van der Waals surface area (Å²) in [7, 11) is 0. The maximum atomic E-state index is 11.5. The average Bonchev–Trinajstić information content (AvgIpc) is 2.62. The Kier molecular flexibility index (Phi) is 9.84. The number of unbranched alkanes of at least 4 members (excludes halogenated alkanes) is 1. The molecule has 1 rings (SSSR count). The molecular formula is C18H27N3O6. The molecule has 2 atom stereocenters. The van der Waals surface area contributed by atoms with Gasteiger partial charge in [-0.25, -0.2) is 0 Å². The van der Waals surface area contributed by atoms with Crippen LogP contribution in [-0.2, 0) is 20.8 Å². The molecule has 0 amide bonds. The topological polar surface area (TPSA) is 162 Å². The lowest BCUT2D eigenvalue weighted by molar-refractivity contribution is -0.143. The minimum Gasteiger partial charge on any atom is -0.480 e. The molecule has 0 aliphatic heterocycles. The van der Waals surface area contributed by atoms with E-state index in [0.717, 1.165) is 5.56 Å². The van der Waals surface area contributed by atoms with E-state index in [9.17, 15) is 24.6 Å². The molecule has 1 unspecified atom stereocenters. The van der Waals surface area contributed by atoms with Crippen molar-refractivity contribution in [3.8, 4) is 0 Å². The van der Waals surface area contributed by atoms with Gasteiger partial charge in [0.15, 0.2) is 0 Å². The summed E-state index contributed by atoms with van der Waals surface area (Å²) in [6.45, 7) is 0.203. The summed E-state index contributed by atoms with van der Waals surface area (Å²) in [4.78, 5) is 33.6. The Balaban J connectivity index is 2.73. The second-order valence-electron chi connectivity index (χ2n) is 6.18. The molecule has 1 aromatic rings. The van der Waals surface area contributed by atoms with E-state index < -0.39 is 30.0 Å². The largest absolute Gasteiger partial charge is 0.480 e. The summed E-state index contributed by atoms with van der Waals surface area (Å²) in [5, 5.41) is 33.0. The molecule has 9 heteroatoms. The van der Waals surface area contributed by atoms with Crippen LogP contribution in [0.4, 0.5) is 5.69 Å². The standard InChI is InChI=1S/C18H27N3O6/c19-10-4-3-7-14(17(24)25)21-15(18(26)27)9-8-12-5-1-2-6-13(12)20-11-16(22)23/h1-2,5-6,14-15,20-21H,3-4,7-11,19H2,(H,22,23)(H,24,25)(H,26,27)/t14-,15?/m0/s1. The maximum absolute atomic E-state index is 11.5. The van der Waals surface area contributed by atoms with Gasteiger partial charge in [0.25, 0.3) is 0 Å². The molecule has 0 aliphatic rings. The number of carboxylic acids is 3. The lowest BCUT2D eigenvalue weighted by Crippen LogP contribution is -2.47. The van der Waals surface area contributed by atoms with Crippen molar-refractivity contribution < 1.29 is 29.7 Å². The third kappa shape index (κ3) is 8.52. The van der Waals surface area contributed by atoms with Crippen molar-refractivity contribution in [1.82, 2.24) is 5.32 Å². The molecule has 0 saturated carbocycles. The first-order valence-electron chi connectivity index (χ1n) is 8.80. The van der Waals surface area contributed by atoms with Gasteiger partial charge in [0.2, 0.25) is 0 Å². The van der Waals surface area contributed by atoms with Crippen molar-refractivity contribution in [1.29, 1.82) is 0 Å². The van der Waals surface area contributed by atoms with Crippen LogP contribution in [0.1, 0.15) is 31.2 Å². The van der Waals surface area contributed by atoms with E-state index in [4.69, 9.17) is 10.8 Å². The third-order valence-corrected chi connectivity index (χ3v) is 4.10. The Labute approximate surface area is 157 Å². The second-order valence-corrected chi connectivity index (χ2v) is 6.18. The SMILES string of the molecule is NCCCC[C@H](NC(CCc1ccccc1NCC(=O)O)C(=O)O)C(=O)O. The molecule has 0 spiro atoms. The van der Waals surface area contributed by atoms with Gasteiger partial charge >= 0.3 is 17.9 Å². The molecule has 0 aliphatic carbocycles. The van der Waals surface area contributed by atoms with Gasteiger partial charge in [-0.15, -0.1) is 0 Å². The fourth-order valence-electron chi connectivity index (χ4n) is 2.67. The number of hydrogen-bond acceptors (Lipinski definition) is 6. The summed E-state index contributed by atoms with van der Waals surface area (Å²) in [5.74, 6) is -3.23. The van der Waals surface area contributed by atoms with E-state index in [1.807, 2.05) is 0 Å². The smallest absolute Gasteiger partial charge is 0.322 e. The number of aliphatic carboxylic acids is 3. The van der Waals surface area contributed by atoms with Crippen LogP contribution in [-0.4, -0.2) is 58.4 Å². The summed E-state index contributed by atoms with van der Waals surface area (Å²) < 4.78 is 0. The second kappa shape index (κ2) is 11.9. The van der Waals surface area contributed by atoms with Crippen LogP contribution in [0.3, 0.4) is 0 Å². The van der Waals surface area contributed by atoms with Gasteiger partial charge in [-0.1, -0.05) is 24.6 Å². The molecule has 0 heterocycles. The molecular weight excluding hydrogens is 354 g/mol. The lowest BCUT2D eigenvalue weighted by atomic mass is 10.0. The fourth-order valence-corrected chi connectivity index (χ4v) is 2.67. The number of rotatable bonds is 14. The Morgan fingerprint density at radius 3 is 2.19 bits per heavy atom. The molecule has 7 N–H and O–H groups in total. The molecule has 1 aromatic carbocycles. The van der Waals surface area contributed by atoms with E-state index in [1.54, 1.807) is 24.3 Å². The molecule has 0 radical (unpaired) electrons. The molecule has 0 saturated heterocycles. The van der Waals surface area contributed by atoms with Gasteiger partial charge in [0, 0.05) is 5.69 Å². The van der Waals surface area contributed by atoms with Crippen molar-refractivity contribution in [3.63, 3.8) is 0 Å². The molecule has 27 heavy (non-hydrogen) atoms. The number of nitrogens with two attached hydrogens (primary N) is 1. The summed E-state index contributed by atoms with van der Waals surface area (Å²) in [6, 6.07) is 5.03. The van der Waals surface area contributed by atoms with E-state index in [2.05, 4.69) is 10.6 Å². The molecule has 150 valence electrons. The molecule has 0 bridgehead atoms. The number of para-hydroxylation sites is 1. The number of carbonyl (C=O) groups is 3. The maximum Gasteiger partial charge on any atom is 0.322 e. The average molecular weight is 381 g/mol. The Bertz CT molecular complexity index is 637. The van der Waals surface area contributed by atoms with Gasteiger partial charge < -0.3 is 26.4 Å². The summed E-state index contributed by atoms with van der Waals surface area (Å²) >= 11 is 0. The lowest BCUT2D eigenvalue weighted by Gasteiger charge is -2.21. The highest BCUT2D eigenvalue weighted by Gasteiger charge is 2.25. The van der Waals surface area contributed by atoms with Crippen molar-refractivity contribution >= 4 is 23.6 Å². The first kappa shape index (κ1) is 22.4. The number of carboxylic acid groups (broad SMARTS) is 3. The third-order valence-electron chi connectivity index (χ3n) is 4.10. The Hall–Kier alpha value is -2.65. The number of anilines is 1. The highest BCUT2D eigenvalue weighted by molar-refractivity contribution is 5.77. The molecule has 0 fully saturated rings. The van der Waals surface area contributed by atoms with E-state index >= 15 is 0 Å². The van der Waals surface area contributed by atoms with Crippen LogP contribution in [0.2, 0.25) is 0 Å². The van der Waals surface area contributed by atoms with Crippen LogP contribution in [0, 0.1) is 0 Å². The summed E-state index contributed by atoms with van der Waals surface area (Å²) in [5.41, 5.74) is 6.78. The van der Waals surface area contributed by atoms with Crippen LogP contribution >= 0.6 is 0 Å². The quantitative estimate of drug-likeness (QED) is 0.255. The van der Waals surface area contributed by atoms with Crippen molar-refractivity contribution in [2.75, 3.05) is 18.4 Å². The van der Waals surface area contributed by atoms with Gasteiger partial charge in [-0.05, 0) is 43.9 Å². The van der Waals surface area contributed by atoms with Crippen LogP contribution in [0.5, 0.6) is 0 Å². The monoisotopic (exact) mass is 381 g/mol. The minimum absolute atomic E-state index is 0.168. The highest BCUT2D eigenvalue weighted by atomic mass is 16.4. The summed E-state index contributed by atoms with van der Waals surface area (Å²) in [6.07, 6.45) is 2.08. The molecule has 0 aromatic heterocycles. The number of nitrogens with one attached hydrogen (secondary N) is 2. The number of aryl methyl sites for hydroxylation is 1. The van der Waals surface area contributed by atoms with E-state index in [-0.39, 0.29) is 13.0 Å². The van der Waals surface area contributed by atoms with E-state index in [0.29, 0.717) is 37.9 Å². The predicted molar refractivity (Wildman–Crippen MR) is 99.8 cm³/mol. The molecule has 9 nitrogen and oxygen atoms in total. The zero-order valence-corrected chi connectivity index (χ0v) is 15.1. The fraction of sp³-hybridized carbons (Fsp3) is 0.500. The number of hydrogen-bond donors (Lipinski definition) is 6. The highest BCUT2D eigenvalue weighted by Crippen LogP contribution is 2.18. The van der Waals surface area contributed by atoms with Gasteiger partial charge in [-0.3, -0.25) is 19.7 Å². The zero-order chi connectivity index (χ0) is 20.2. The Morgan fingerprint density at radius 2 is 1.59 bits per heavy atom. The van der Waals surface area contributed by atoms with Gasteiger partial charge in [0.05, 0.1) is 0 Å². The van der Waals surface area contributed by atoms with Crippen molar-refractivity contribution in [2.24, 2.45) is 5.73 Å². The zero-order valence-electron chi connectivity index (χ0n) is 15.1. The van der Waals surface area contributed by atoms with Gasteiger partial charge in [0.1, 0.15) is 18.6 Å². The normalized spacial score (nSPS) is 12.9.